The van der Waals surface area contributed by atoms with Gasteiger partial charge in [0.2, 0.25) is 0 Å². The minimum Gasteiger partial charge on any atom is -0.462 e. The third-order valence-corrected chi connectivity index (χ3v) is 13.5. The highest BCUT2D eigenvalue weighted by atomic mass is 31.2. The van der Waals surface area contributed by atoms with E-state index < -0.39 is 75.7 Å². The number of hydrogen-bond donors (Lipinski definition) is 6. The molecule has 392 valence electrons. The standard InChI is InChI=1S/C53H97O13P/c1-3-5-7-9-11-13-15-17-19-21-22-23-24-26-28-30-32-34-36-38-40-42-47(55)65-45(44-64-67(61,62)66-53-51(59)49(57)48(56)50(58)52(53)60)43-63-46(54)41-39-37-35-33-31-29-27-25-20-18-16-14-12-10-8-6-4-2/h18,20,27,29,33,35,45,48-53,56-60H,3-17,19,21-26,28,30-32,34,36-44H2,1-2H3,(H,61,62)/b20-18+,29-27+,35-33+/t45-,48?,49-,50?,51?,52?,53?/m1/s1. The number of allylic oxidation sites excluding steroid dienone is 6. The molecule has 1 saturated carbocycles. The number of hydrogen-bond acceptors (Lipinski definition) is 12. The van der Waals surface area contributed by atoms with Gasteiger partial charge in [0.1, 0.15) is 43.2 Å². The average Bonchev–Trinajstić information content (AvgIpc) is 3.31. The number of esters is 2. The molecule has 0 saturated heterocycles. The molecule has 13 nitrogen and oxygen atoms in total. The topological polar surface area (TPSA) is 210 Å². The Kier molecular flexibility index (Phi) is 40.4. The van der Waals surface area contributed by atoms with Gasteiger partial charge < -0.3 is 39.9 Å². The zero-order chi connectivity index (χ0) is 49.2. The summed E-state index contributed by atoms with van der Waals surface area (Å²) in [4.78, 5) is 35.8. The van der Waals surface area contributed by atoms with Gasteiger partial charge in [-0.3, -0.25) is 18.6 Å². The van der Waals surface area contributed by atoms with Crippen LogP contribution < -0.4 is 0 Å². The Bertz CT molecular complexity index is 1310. The van der Waals surface area contributed by atoms with Gasteiger partial charge in [-0.2, -0.15) is 0 Å². The molecule has 6 N–H and O–H groups in total. The first kappa shape index (κ1) is 63.1. The molecule has 67 heavy (non-hydrogen) atoms. The number of phosphoric acid groups is 1. The Morgan fingerprint density at radius 3 is 1.27 bits per heavy atom. The minimum atomic E-state index is -5.13. The number of aliphatic hydroxyl groups excluding tert-OH is 5. The number of phosphoric ester groups is 1. The summed E-state index contributed by atoms with van der Waals surface area (Å²) in [6.45, 7) is 3.29. The predicted molar refractivity (Wildman–Crippen MR) is 267 cm³/mol. The quantitative estimate of drug-likeness (QED) is 0.0145. The van der Waals surface area contributed by atoms with Crippen molar-refractivity contribution in [1.29, 1.82) is 0 Å². The van der Waals surface area contributed by atoms with Crippen LogP contribution in [0.4, 0.5) is 0 Å². The Labute approximate surface area is 406 Å². The van der Waals surface area contributed by atoms with Crippen LogP contribution in [0.1, 0.15) is 232 Å². The van der Waals surface area contributed by atoms with E-state index in [2.05, 4.69) is 38.2 Å². The molecule has 0 aliphatic heterocycles. The second-order valence-corrected chi connectivity index (χ2v) is 20.1. The third kappa shape index (κ3) is 34.9. The SMILES string of the molecule is CCCCCCCC/C=C/C/C=C/C/C=C/CCCC(=O)OC[C@H](COP(=O)(O)OC1C(O)C(O)C(O)[C@@H](O)C1O)OC(=O)CCCCCCCCCCCCCCCCCCCCCCC. The van der Waals surface area contributed by atoms with Crippen LogP contribution in [0.25, 0.3) is 0 Å². The fourth-order valence-corrected chi connectivity index (χ4v) is 9.16. The Morgan fingerprint density at radius 1 is 0.463 bits per heavy atom. The summed E-state index contributed by atoms with van der Waals surface area (Å²) in [5.74, 6) is -1.15. The molecule has 0 radical (unpaired) electrons. The summed E-state index contributed by atoms with van der Waals surface area (Å²) in [5.41, 5.74) is 0. The molecule has 0 heterocycles. The van der Waals surface area contributed by atoms with Crippen molar-refractivity contribution in [3.05, 3.63) is 36.5 Å². The summed E-state index contributed by atoms with van der Waals surface area (Å²) in [6, 6.07) is 0. The molecular formula is C53H97O13P. The lowest BCUT2D eigenvalue weighted by atomic mass is 9.85. The fraction of sp³-hybridized carbons (Fsp3) is 0.849. The van der Waals surface area contributed by atoms with Gasteiger partial charge >= 0.3 is 19.8 Å². The lowest BCUT2D eigenvalue weighted by Crippen LogP contribution is -2.64. The van der Waals surface area contributed by atoms with Gasteiger partial charge in [-0.15, -0.1) is 0 Å². The predicted octanol–water partition coefficient (Wildman–Crippen LogP) is 11.7. The molecule has 8 atom stereocenters. The van der Waals surface area contributed by atoms with E-state index in [4.69, 9.17) is 18.5 Å². The number of carbonyl (C=O) groups is 2. The largest absolute Gasteiger partial charge is 0.472 e. The van der Waals surface area contributed by atoms with Crippen LogP contribution in [0, 0.1) is 0 Å². The smallest absolute Gasteiger partial charge is 0.462 e. The monoisotopic (exact) mass is 973 g/mol. The van der Waals surface area contributed by atoms with E-state index in [-0.39, 0.29) is 12.8 Å². The van der Waals surface area contributed by atoms with Gasteiger partial charge in [-0.1, -0.05) is 211 Å². The highest BCUT2D eigenvalue weighted by Gasteiger charge is 2.51. The van der Waals surface area contributed by atoms with Crippen molar-refractivity contribution in [2.75, 3.05) is 13.2 Å². The highest BCUT2D eigenvalue weighted by molar-refractivity contribution is 7.47. The summed E-state index contributed by atoms with van der Waals surface area (Å²) in [7, 11) is -5.13. The number of carbonyl (C=O) groups excluding carboxylic acids is 2. The number of ether oxygens (including phenoxy) is 2. The van der Waals surface area contributed by atoms with Crippen LogP contribution in [0.3, 0.4) is 0 Å². The van der Waals surface area contributed by atoms with E-state index in [9.17, 15) is 44.6 Å². The van der Waals surface area contributed by atoms with E-state index >= 15 is 0 Å². The maximum atomic E-state index is 12.9. The van der Waals surface area contributed by atoms with Gasteiger partial charge in [0.05, 0.1) is 6.61 Å². The summed E-state index contributed by atoms with van der Waals surface area (Å²) in [6.07, 6.45) is 37.7. The van der Waals surface area contributed by atoms with Gasteiger partial charge in [-0.05, 0) is 44.9 Å². The maximum Gasteiger partial charge on any atom is 0.472 e. The molecule has 0 spiro atoms. The molecule has 0 aromatic rings. The molecule has 0 amide bonds. The van der Waals surface area contributed by atoms with Crippen LogP contribution in [-0.2, 0) is 32.7 Å². The lowest BCUT2D eigenvalue weighted by Gasteiger charge is -2.41. The zero-order valence-corrected chi connectivity index (χ0v) is 42.8. The molecule has 14 heteroatoms. The average molecular weight is 973 g/mol. The van der Waals surface area contributed by atoms with Crippen molar-refractivity contribution in [3.8, 4) is 0 Å². The Balaban J connectivity index is 2.40. The molecular weight excluding hydrogens is 876 g/mol. The van der Waals surface area contributed by atoms with Crippen LogP contribution >= 0.6 is 7.82 Å². The van der Waals surface area contributed by atoms with Crippen molar-refractivity contribution >= 4 is 19.8 Å². The highest BCUT2D eigenvalue weighted by Crippen LogP contribution is 2.47. The lowest BCUT2D eigenvalue weighted by molar-refractivity contribution is -0.220. The fourth-order valence-electron chi connectivity index (χ4n) is 8.19. The van der Waals surface area contributed by atoms with Gasteiger partial charge in [0.25, 0.3) is 0 Å². The second-order valence-electron chi connectivity index (χ2n) is 18.7. The summed E-state index contributed by atoms with van der Waals surface area (Å²) >= 11 is 0. The van der Waals surface area contributed by atoms with E-state index in [1.54, 1.807) is 0 Å². The molecule has 6 unspecified atom stereocenters. The van der Waals surface area contributed by atoms with Gasteiger partial charge in [0.15, 0.2) is 6.10 Å². The molecule has 0 aromatic heterocycles. The molecule has 0 aromatic carbocycles. The van der Waals surface area contributed by atoms with E-state index in [1.807, 2.05) is 12.2 Å². The van der Waals surface area contributed by atoms with Gasteiger partial charge in [-0.25, -0.2) is 4.57 Å². The first-order chi connectivity index (χ1) is 32.4. The number of unbranched alkanes of at least 4 members (excludes halogenated alkanes) is 27. The molecule has 1 fully saturated rings. The van der Waals surface area contributed by atoms with Crippen LogP contribution in [0.2, 0.25) is 0 Å². The second kappa shape index (κ2) is 42.9. The van der Waals surface area contributed by atoms with Crippen molar-refractivity contribution in [2.45, 2.75) is 275 Å². The summed E-state index contributed by atoms with van der Waals surface area (Å²) < 4.78 is 33.6. The third-order valence-electron chi connectivity index (χ3n) is 12.5. The van der Waals surface area contributed by atoms with E-state index in [0.29, 0.717) is 19.3 Å². The number of aliphatic hydroxyl groups is 5. The molecule has 1 rings (SSSR count). The van der Waals surface area contributed by atoms with Crippen LogP contribution in [0.5, 0.6) is 0 Å². The van der Waals surface area contributed by atoms with E-state index in [0.717, 1.165) is 44.9 Å². The van der Waals surface area contributed by atoms with Crippen molar-refractivity contribution in [3.63, 3.8) is 0 Å². The minimum absolute atomic E-state index is 0.0901. The Hall–Kier alpha value is -1.93. The van der Waals surface area contributed by atoms with Crippen molar-refractivity contribution in [2.24, 2.45) is 0 Å². The molecule has 1 aliphatic rings. The van der Waals surface area contributed by atoms with E-state index in [1.165, 1.54) is 141 Å². The van der Waals surface area contributed by atoms with Crippen LogP contribution in [-0.4, -0.2) is 98.3 Å². The van der Waals surface area contributed by atoms with Gasteiger partial charge in [0, 0.05) is 12.8 Å². The van der Waals surface area contributed by atoms with Crippen molar-refractivity contribution in [1.82, 2.24) is 0 Å². The molecule has 1 aliphatic carbocycles. The van der Waals surface area contributed by atoms with Crippen LogP contribution in [0.15, 0.2) is 36.5 Å². The van der Waals surface area contributed by atoms with Crippen molar-refractivity contribution < 1.29 is 63.1 Å². The number of rotatable bonds is 45. The first-order valence-electron chi connectivity index (χ1n) is 26.8. The maximum absolute atomic E-state index is 12.9. The normalized spacial score (nSPS) is 21.4. The molecule has 0 bridgehead atoms. The zero-order valence-electron chi connectivity index (χ0n) is 41.9. The first-order valence-corrected chi connectivity index (χ1v) is 28.3. The Morgan fingerprint density at radius 2 is 0.821 bits per heavy atom. The summed E-state index contributed by atoms with van der Waals surface area (Å²) in [5, 5.41) is 50.3.